The molecule has 1 heterocycles. The van der Waals surface area contributed by atoms with E-state index in [2.05, 4.69) is 4.72 Å². The summed E-state index contributed by atoms with van der Waals surface area (Å²) in [4.78, 5) is 2.09. The first-order valence-corrected chi connectivity index (χ1v) is 9.03. The summed E-state index contributed by atoms with van der Waals surface area (Å²) in [6.07, 6.45) is 0. The van der Waals surface area contributed by atoms with Gasteiger partial charge in [-0.3, -0.25) is 0 Å². The van der Waals surface area contributed by atoms with Crippen molar-refractivity contribution in [3.63, 3.8) is 0 Å². The van der Waals surface area contributed by atoms with E-state index < -0.39 is 10.0 Å². The summed E-state index contributed by atoms with van der Waals surface area (Å²) >= 11 is 7.60. The summed E-state index contributed by atoms with van der Waals surface area (Å²) in [5.41, 5.74) is 6.94. The van der Waals surface area contributed by atoms with Crippen molar-refractivity contribution in [3.05, 3.63) is 44.6 Å². The summed E-state index contributed by atoms with van der Waals surface area (Å²) < 4.78 is 27.6. The maximum Gasteiger partial charge on any atom is 0.242 e. The van der Waals surface area contributed by atoms with Gasteiger partial charge >= 0.3 is 0 Å². The zero-order chi connectivity index (χ0) is 15.8. The Morgan fingerprint density at radius 3 is 2.52 bits per heavy atom. The molecule has 3 N–H and O–H groups in total. The molecule has 0 bridgehead atoms. The molecule has 1 atom stereocenters. The number of hydrogen-bond acceptors (Lipinski definition) is 4. The van der Waals surface area contributed by atoms with Crippen molar-refractivity contribution in [2.24, 2.45) is 0 Å². The summed E-state index contributed by atoms with van der Waals surface area (Å²) in [6, 6.07) is 6.50. The molecule has 2 rings (SSSR count). The number of benzene rings is 1. The quantitative estimate of drug-likeness (QED) is 0.832. The molecule has 21 heavy (non-hydrogen) atoms. The highest BCUT2D eigenvalue weighted by Crippen LogP contribution is 2.29. The summed E-state index contributed by atoms with van der Waals surface area (Å²) in [5.74, 6) is 0. The second-order valence-corrected chi connectivity index (χ2v) is 8.34. The van der Waals surface area contributed by atoms with Gasteiger partial charge in [0.25, 0.3) is 0 Å². The van der Waals surface area contributed by atoms with Crippen LogP contribution in [0.3, 0.4) is 0 Å². The van der Waals surface area contributed by atoms with Crippen molar-refractivity contribution < 1.29 is 8.42 Å². The molecule has 0 aliphatic heterocycles. The molecule has 1 aromatic carbocycles. The van der Waals surface area contributed by atoms with Crippen LogP contribution in [0, 0.1) is 13.8 Å². The molecule has 0 amide bonds. The van der Waals surface area contributed by atoms with Crippen LogP contribution < -0.4 is 10.5 Å². The number of nitrogens with one attached hydrogen (secondary N) is 1. The lowest BCUT2D eigenvalue weighted by molar-refractivity contribution is 0.568. The molecule has 1 unspecified atom stereocenters. The lowest BCUT2D eigenvalue weighted by Crippen LogP contribution is -2.26. The van der Waals surface area contributed by atoms with Crippen LogP contribution in [-0.2, 0) is 10.0 Å². The molecule has 7 heteroatoms. The van der Waals surface area contributed by atoms with Crippen LogP contribution >= 0.6 is 22.9 Å². The van der Waals surface area contributed by atoms with Gasteiger partial charge < -0.3 is 5.73 Å². The van der Waals surface area contributed by atoms with E-state index in [0.29, 0.717) is 5.69 Å². The lowest BCUT2D eigenvalue weighted by atomic mass is 10.2. The molecular formula is C14H17ClN2O2S2. The Hall–Kier alpha value is -1.08. The van der Waals surface area contributed by atoms with Crippen LogP contribution in [0.15, 0.2) is 29.2 Å². The average Bonchev–Trinajstić information content (AvgIpc) is 2.80. The Morgan fingerprint density at radius 2 is 1.95 bits per heavy atom. The van der Waals surface area contributed by atoms with E-state index in [1.54, 1.807) is 31.3 Å². The fraction of sp³-hybridized carbons (Fsp3) is 0.286. The smallest absolute Gasteiger partial charge is 0.242 e. The van der Waals surface area contributed by atoms with Gasteiger partial charge in [-0.05, 0) is 50.6 Å². The maximum absolute atomic E-state index is 12.5. The molecule has 0 aliphatic carbocycles. The number of hydrogen-bond donors (Lipinski definition) is 2. The van der Waals surface area contributed by atoms with Crippen molar-refractivity contribution in [1.29, 1.82) is 0 Å². The van der Waals surface area contributed by atoms with Crippen molar-refractivity contribution in [1.82, 2.24) is 4.72 Å². The zero-order valence-electron chi connectivity index (χ0n) is 12.0. The first-order chi connectivity index (χ1) is 9.70. The third-order valence-corrected chi connectivity index (χ3v) is 6.32. The second-order valence-electron chi connectivity index (χ2n) is 4.93. The maximum atomic E-state index is 12.5. The average molecular weight is 345 g/mol. The number of nitrogens with two attached hydrogens (primary N) is 1. The van der Waals surface area contributed by atoms with Gasteiger partial charge in [0.05, 0.1) is 11.1 Å². The van der Waals surface area contributed by atoms with Gasteiger partial charge in [0, 0.05) is 15.4 Å². The first-order valence-electron chi connectivity index (χ1n) is 6.35. The van der Waals surface area contributed by atoms with Crippen LogP contribution in [0.25, 0.3) is 0 Å². The zero-order valence-corrected chi connectivity index (χ0v) is 14.4. The van der Waals surface area contributed by atoms with Crippen LogP contribution in [0.2, 0.25) is 5.02 Å². The van der Waals surface area contributed by atoms with Crippen molar-refractivity contribution in [2.45, 2.75) is 31.7 Å². The van der Waals surface area contributed by atoms with E-state index in [1.807, 2.05) is 19.1 Å². The third-order valence-electron chi connectivity index (χ3n) is 3.13. The number of aryl methyl sites for hydroxylation is 2. The number of anilines is 1. The number of thiophene rings is 1. The molecule has 2 aromatic rings. The highest BCUT2D eigenvalue weighted by Gasteiger charge is 2.22. The Labute approximate surface area is 134 Å². The molecule has 0 radical (unpaired) electrons. The van der Waals surface area contributed by atoms with E-state index in [4.69, 9.17) is 17.3 Å². The predicted molar refractivity (Wildman–Crippen MR) is 88.4 cm³/mol. The van der Waals surface area contributed by atoms with Gasteiger partial charge in [0.2, 0.25) is 10.0 Å². The summed E-state index contributed by atoms with van der Waals surface area (Å²) in [7, 11) is -3.72. The Morgan fingerprint density at radius 1 is 1.29 bits per heavy atom. The van der Waals surface area contributed by atoms with Crippen LogP contribution in [-0.4, -0.2) is 8.42 Å². The van der Waals surface area contributed by atoms with Crippen molar-refractivity contribution in [2.75, 3.05) is 5.73 Å². The standard InChI is InChI=1S/C14H17ClN2O2S2/c1-8-6-11(15)14(7-12(8)16)21(18,19)17-10(3)13-5-4-9(2)20-13/h4-7,10,17H,16H2,1-3H3. The topological polar surface area (TPSA) is 72.2 Å². The van der Waals surface area contributed by atoms with Crippen molar-refractivity contribution >= 4 is 38.6 Å². The second kappa shape index (κ2) is 5.96. The molecule has 0 spiro atoms. The van der Waals surface area contributed by atoms with Crippen LogP contribution in [0.4, 0.5) is 5.69 Å². The van der Waals surface area contributed by atoms with Gasteiger partial charge in [-0.1, -0.05) is 11.6 Å². The SMILES string of the molecule is Cc1ccc(C(C)NS(=O)(=O)c2cc(N)c(C)cc2Cl)s1. The third kappa shape index (κ3) is 3.58. The highest BCUT2D eigenvalue weighted by atomic mass is 35.5. The molecule has 0 saturated carbocycles. The van der Waals surface area contributed by atoms with E-state index in [-0.39, 0.29) is 16.0 Å². The monoisotopic (exact) mass is 344 g/mol. The predicted octanol–water partition coefficient (Wildman–Crippen LogP) is 3.64. The normalized spacial score (nSPS) is 13.3. The van der Waals surface area contributed by atoms with E-state index >= 15 is 0 Å². The molecular weight excluding hydrogens is 328 g/mol. The fourth-order valence-electron chi connectivity index (χ4n) is 1.91. The van der Waals surface area contributed by atoms with E-state index in [9.17, 15) is 8.42 Å². The van der Waals surface area contributed by atoms with Gasteiger partial charge in [-0.25, -0.2) is 13.1 Å². The lowest BCUT2D eigenvalue weighted by Gasteiger charge is -2.15. The van der Waals surface area contributed by atoms with Gasteiger partial charge in [0.1, 0.15) is 4.90 Å². The molecule has 0 aliphatic rings. The number of nitrogen functional groups attached to an aromatic ring is 1. The number of rotatable bonds is 4. The van der Waals surface area contributed by atoms with Crippen molar-refractivity contribution in [3.8, 4) is 0 Å². The van der Waals surface area contributed by atoms with Gasteiger partial charge in [0.15, 0.2) is 0 Å². The van der Waals surface area contributed by atoms with Crippen LogP contribution in [0.1, 0.15) is 28.3 Å². The Balaban J connectivity index is 2.32. The van der Waals surface area contributed by atoms with Gasteiger partial charge in [-0.15, -0.1) is 11.3 Å². The molecule has 114 valence electrons. The van der Waals surface area contributed by atoms with E-state index in [1.165, 1.54) is 6.07 Å². The summed E-state index contributed by atoms with van der Waals surface area (Å²) in [5, 5.41) is 0.170. The highest BCUT2D eigenvalue weighted by molar-refractivity contribution is 7.89. The first kappa shape index (κ1) is 16.3. The number of halogens is 1. The Kier molecular flexibility index (Phi) is 4.63. The van der Waals surface area contributed by atoms with Crippen LogP contribution in [0.5, 0.6) is 0 Å². The number of sulfonamides is 1. The Bertz CT molecular complexity index is 769. The molecule has 1 aromatic heterocycles. The minimum Gasteiger partial charge on any atom is -0.398 e. The molecule has 4 nitrogen and oxygen atoms in total. The molecule has 0 saturated heterocycles. The largest absolute Gasteiger partial charge is 0.398 e. The van der Waals surface area contributed by atoms with Gasteiger partial charge in [-0.2, -0.15) is 0 Å². The van der Waals surface area contributed by atoms with E-state index in [0.717, 1.165) is 15.3 Å². The molecule has 0 fully saturated rings. The minimum atomic E-state index is -3.72. The minimum absolute atomic E-state index is 0.00685. The summed E-state index contributed by atoms with van der Waals surface area (Å²) in [6.45, 7) is 5.56. The fourth-order valence-corrected chi connectivity index (χ4v) is 4.71.